The molecule has 116 valence electrons. The second kappa shape index (κ2) is 6.13. The van der Waals surface area contributed by atoms with E-state index in [0.717, 1.165) is 42.6 Å². The monoisotopic (exact) mass is 303 g/mol. The molecule has 0 saturated carbocycles. The maximum atomic E-state index is 12.9. The van der Waals surface area contributed by atoms with Gasteiger partial charge in [0, 0.05) is 5.92 Å². The molecular formula is C21H21NO. The minimum Gasteiger partial charge on any atom is -0.297 e. The predicted molar refractivity (Wildman–Crippen MR) is 93.8 cm³/mol. The van der Waals surface area contributed by atoms with Gasteiger partial charge in [-0.05, 0) is 48.7 Å². The van der Waals surface area contributed by atoms with Crippen LogP contribution in [0.3, 0.4) is 0 Å². The molecule has 2 nitrogen and oxygen atoms in total. The lowest BCUT2D eigenvalue weighted by atomic mass is 9.77. The molecule has 3 heterocycles. The summed E-state index contributed by atoms with van der Waals surface area (Å²) in [6.07, 6.45) is 4.25. The third kappa shape index (κ3) is 2.75. The third-order valence-electron chi connectivity index (χ3n) is 5.09. The van der Waals surface area contributed by atoms with Crippen molar-refractivity contribution >= 4 is 17.4 Å². The van der Waals surface area contributed by atoms with E-state index in [1.165, 1.54) is 0 Å². The van der Waals surface area contributed by atoms with Crippen LogP contribution in [0.1, 0.15) is 24.0 Å². The van der Waals surface area contributed by atoms with E-state index in [-0.39, 0.29) is 12.0 Å². The molecule has 1 atom stereocenters. The van der Waals surface area contributed by atoms with E-state index in [2.05, 4.69) is 47.4 Å². The summed E-state index contributed by atoms with van der Waals surface area (Å²) >= 11 is 0. The SMILES string of the molecule is O=C1C2CCN(CC2)C1/C(=C/c1ccccc1)c1ccccc1. The van der Waals surface area contributed by atoms with Crippen molar-refractivity contribution in [3.8, 4) is 0 Å². The number of hydrogen-bond donors (Lipinski definition) is 0. The number of benzene rings is 2. The number of piperidine rings is 3. The van der Waals surface area contributed by atoms with E-state index in [9.17, 15) is 4.79 Å². The summed E-state index contributed by atoms with van der Waals surface area (Å²) in [6.45, 7) is 2.08. The molecule has 0 N–H and O–H groups in total. The zero-order chi connectivity index (χ0) is 15.6. The van der Waals surface area contributed by atoms with Crippen LogP contribution in [0.4, 0.5) is 0 Å². The molecule has 2 aromatic carbocycles. The predicted octanol–water partition coefficient (Wildman–Crippen LogP) is 3.89. The van der Waals surface area contributed by atoms with Crippen molar-refractivity contribution in [2.45, 2.75) is 18.9 Å². The molecule has 3 fully saturated rings. The Labute approximate surface area is 137 Å². The number of Topliss-reactive ketones (excluding diaryl/α,β-unsaturated/α-hetero) is 1. The van der Waals surface area contributed by atoms with Crippen LogP contribution in [0, 0.1) is 5.92 Å². The zero-order valence-electron chi connectivity index (χ0n) is 13.2. The van der Waals surface area contributed by atoms with Crippen molar-refractivity contribution < 1.29 is 4.79 Å². The molecule has 2 aromatic rings. The molecule has 2 bridgehead atoms. The molecule has 0 amide bonds. The fourth-order valence-electron chi connectivity index (χ4n) is 3.87. The van der Waals surface area contributed by atoms with Crippen molar-refractivity contribution in [3.05, 3.63) is 71.8 Å². The Balaban J connectivity index is 1.80. The molecule has 5 rings (SSSR count). The van der Waals surface area contributed by atoms with Crippen LogP contribution in [0.2, 0.25) is 0 Å². The Morgan fingerprint density at radius 1 is 0.913 bits per heavy atom. The average Bonchev–Trinajstić information content (AvgIpc) is 2.63. The average molecular weight is 303 g/mol. The number of nitrogens with zero attached hydrogens (tertiary/aromatic N) is 1. The quantitative estimate of drug-likeness (QED) is 0.802. The van der Waals surface area contributed by atoms with Gasteiger partial charge in [0.2, 0.25) is 0 Å². The Morgan fingerprint density at radius 3 is 2.13 bits per heavy atom. The number of fused-ring (bicyclic) bond motifs is 3. The van der Waals surface area contributed by atoms with Gasteiger partial charge >= 0.3 is 0 Å². The van der Waals surface area contributed by atoms with E-state index in [1.54, 1.807) is 0 Å². The number of rotatable bonds is 3. The third-order valence-corrected chi connectivity index (χ3v) is 5.09. The summed E-state index contributed by atoms with van der Waals surface area (Å²) in [4.78, 5) is 15.3. The second-order valence-electron chi connectivity index (χ2n) is 6.49. The highest BCUT2D eigenvalue weighted by Gasteiger charge is 2.42. The van der Waals surface area contributed by atoms with Crippen molar-refractivity contribution in [2.75, 3.05) is 13.1 Å². The molecule has 0 spiro atoms. The molecule has 3 aliphatic heterocycles. The summed E-state index contributed by atoms with van der Waals surface area (Å²) < 4.78 is 0. The number of hydrogen-bond acceptors (Lipinski definition) is 2. The van der Waals surface area contributed by atoms with Crippen LogP contribution in [0.5, 0.6) is 0 Å². The van der Waals surface area contributed by atoms with E-state index in [0.29, 0.717) is 5.78 Å². The molecule has 0 aromatic heterocycles. The van der Waals surface area contributed by atoms with Gasteiger partial charge in [-0.25, -0.2) is 0 Å². The first kappa shape index (κ1) is 14.4. The minimum atomic E-state index is -0.0786. The van der Waals surface area contributed by atoms with Crippen LogP contribution in [-0.4, -0.2) is 29.8 Å². The largest absolute Gasteiger partial charge is 0.297 e. The molecule has 3 aliphatic rings. The van der Waals surface area contributed by atoms with Crippen molar-refractivity contribution in [1.82, 2.24) is 4.90 Å². The topological polar surface area (TPSA) is 20.3 Å². The lowest BCUT2D eigenvalue weighted by Crippen LogP contribution is -2.55. The maximum Gasteiger partial charge on any atom is 0.157 e. The minimum absolute atomic E-state index is 0.0786. The summed E-state index contributed by atoms with van der Waals surface area (Å²) in [6, 6.07) is 20.6. The highest BCUT2D eigenvalue weighted by atomic mass is 16.1. The number of ketones is 1. The fraction of sp³-hybridized carbons (Fsp3) is 0.286. The van der Waals surface area contributed by atoms with Crippen molar-refractivity contribution in [2.24, 2.45) is 5.92 Å². The number of carbonyl (C=O) groups is 1. The summed E-state index contributed by atoms with van der Waals surface area (Å²) in [7, 11) is 0. The summed E-state index contributed by atoms with van der Waals surface area (Å²) in [5.41, 5.74) is 3.45. The van der Waals surface area contributed by atoms with E-state index in [1.807, 2.05) is 24.3 Å². The first-order valence-electron chi connectivity index (χ1n) is 8.43. The van der Waals surface area contributed by atoms with Crippen LogP contribution in [0.15, 0.2) is 60.7 Å². The lowest BCUT2D eigenvalue weighted by Gasteiger charge is -2.45. The lowest BCUT2D eigenvalue weighted by molar-refractivity contribution is -0.133. The van der Waals surface area contributed by atoms with Crippen molar-refractivity contribution in [1.29, 1.82) is 0 Å². The van der Waals surface area contributed by atoms with Gasteiger partial charge in [0.05, 0.1) is 6.04 Å². The molecule has 0 aliphatic carbocycles. The fourth-order valence-corrected chi connectivity index (χ4v) is 3.87. The standard InChI is InChI=1S/C21H21NO/c23-21-18-11-13-22(14-12-18)20(21)19(17-9-5-2-6-10-17)15-16-7-3-1-4-8-16/h1-10,15,18,20H,11-14H2/b19-15+. The Bertz CT molecular complexity index is 712. The van der Waals surface area contributed by atoms with Crippen LogP contribution in [0.25, 0.3) is 11.6 Å². The summed E-state index contributed by atoms with van der Waals surface area (Å²) in [5.74, 6) is 0.668. The van der Waals surface area contributed by atoms with E-state index in [4.69, 9.17) is 0 Å². The normalized spacial score (nSPS) is 27.2. The van der Waals surface area contributed by atoms with E-state index >= 15 is 0 Å². The van der Waals surface area contributed by atoms with Crippen LogP contribution >= 0.6 is 0 Å². The molecule has 23 heavy (non-hydrogen) atoms. The highest BCUT2D eigenvalue weighted by molar-refractivity contribution is 6.03. The Morgan fingerprint density at radius 2 is 1.52 bits per heavy atom. The van der Waals surface area contributed by atoms with Crippen LogP contribution in [-0.2, 0) is 4.79 Å². The van der Waals surface area contributed by atoms with Gasteiger partial charge < -0.3 is 0 Å². The molecule has 1 unspecified atom stereocenters. The molecule has 3 saturated heterocycles. The maximum absolute atomic E-state index is 12.9. The van der Waals surface area contributed by atoms with Gasteiger partial charge in [0.25, 0.3) is 0 Å². The van der Waals surface area contributed by atoms with Gasteiger partial charge in [-0.2, -0.15) is 0 Å². The van der Waals surface area contributed by atoms with Gasteiger partial charge in [0.1, 0.15) is 0 Å². The van der Waals surface area contributed by atoms with Gasteiger partial charge in [-0.1, -0.05) is 60.7 Å². The smallest absolute Gasteiger partial charge is 0.157 e. The molecule has 2 heteroatoms. The first-order valence-corrected chi connectivity index (χ1v) is 8.43. The number of carbonyl (C=O) groups excluding carboxylic acids is 1. The molecular weight excluding hydrogens is 282 g/mol. The zero-order valence-corrected chi connectivity index (χ0v) is 13.2. The first-order chi connectivity index (χ1) is 11.3. The second-order valence-corrected chi connectivity index (χ2v) is 6.49. The van der Waals surface area contributed by atoms with Gasteiger partial charge in [-0.15, -0.1) is 0 Å². The van der Waals surface area contributed by atoms with E-state index < -0.39 is 0 Å². The Hall–Kier alpha value is -2.19. The summed E-state index contributed by atoms with van der Waals surface area (Å²) in [5, 5.41) is 0. The Kier molecular flexibility index (Phi) is 3.84. The highest BCUT2D eigenvalue weighted by Crippen LogP contribution is 2.36. The van der Waals surface area contributed by atoms with Crippen LogP contribution < -0.4 is 0 Å². The molecule has 0 radical (unpaired) electrons. The van der Waals surface area contributed by atoms with Crippen molar-refractivity contribution in [3.63, 3.8) is 0 Å². The van der Waals surface area contributed by atoms with Gasteiger partial charge in [0.15, 0.2) is 5.78 Å². The van der Waals surface area contributed by atoms with Gasteiger partial charge in [-0.3, -0.25) is 9.69 Å².